The average Bonchev–Trinajstić information content (AvgIpc) is 2.27. The SMILES string of the molecule is CCNc1cc(N2C[C@@H](C)O[C@@H](C)C2)nc(N)n1. The molecule has 0 amide bonds. The predicted molar refractivity (Wildman–Crippen MR) is 72.8 cm³/mol. The fourth-order valence-corrected chi connectivity index (χ4v) is 2.25. The molecular weight excluding hydrogens is 230 g/mol. The lowest BCUT2D eigenvalue weighted by atomic mass is 10.2. The fourth-order valence-electron chi connectivity index (χ4n) is 2.25. The van der Waals surface area contributed by atoms with Crippen LogP contribution in [-0.4, -0.2) is 41.8 Å². The zero-order valence-corrected chi connectivity index (χ0v) is 11.2. The number of nitrogens with two attached hydrogens (primary N) is 1. The fraction of sp³-hybridized carbons (Fsp3) is 0.667. The molecular formula is C12H21N5O. The van der Waals surface area contributed by atoms with Gasteiger partial charge in [0.25, 0.3) is 0 Å². The number of rotatable bonds is 3. The summed E-state index contributed by atoms with van der Waals surface area (Å²) in [5.41, 5.74) is 5.75. The Kier molecular flexibility index (Phi) is 3.86. The number of hydrogen-bond acceptors (Lipinski definition) is 6. The van der Waals surface area contributed by atoms with Crippen molar-refractivity contribution in [2.45, 2.75) is 33.0 Å². The van der Waals surface area contributed by atoms with E-state index in [1.807, 2.05) is 13.0 Å². The van der Waals surface area contributed by atoms with Crippen LogP contribution in [0.15, 0.2) is 6.07 Å². The molecule has 0 unspecified atom stereocenters. The molecule has 2 rings (SSSR count). The number of aromatic nitrogens is 2. The highest BCUT2D eigenvalue weighted by Crippen LogP contribution is 2.21. The molecule has 0 aromatic carbocycles. The van der Waals surface area contributed by atoms with Crippen LogP contribution in [-0.2, 0) is 4.74 Å². The van der Waals surface area contributed by atoms with E-state index in [1.54, 1.807) is 0 Å². The molecule has 3 N–H and O–H groups in total. The van der Waals surface area contributed by atoms with Crippen LogP contribution >= 0.6 is 0 Å². The summed E-state index contributed by atoms with van der Waals surface area (Å²) in [6, 6.07) is 1.94. The first-order valence-corrected chi connectivity index (χ1v) is 6.37. The Balaban J connectivity index is 2.21. The number of morpholine rings is 1. The summed E-state index contributed by atoms with van der Waals surface area (Å²) >= 11 is 0. The van der Waals surface area contributed by atoms with Gasteiger partial charge in [-0.1, -0.05) is 0 Å². The van der Waals surface area contributed by atoms with Gasteiger partial charge in [-0.3, -0.25) is 0 Å². The molecule has 2 atom stereocenters. The molecule has 1 aliphatic rings. The third kappa shape index (κ3) is 3.01. The van der Waals surface area contributed by atoms with E-state index < -0.39 is 0 Å². The summed E-state index contributed by atoms with van der Waals surface area (Å²) in [5.74, 6) is 1.93. The van der Waals surface area contributed by atoms with Crippen molar-refractivity contribution < 1.29 is 4.74 Å². The van der Waals surface area contributed by atoms with Gasteiger partial charge in [0.15, 0.2) is 0 Å². The topological polar surface area (TPSA) is 76.3 Å². The maximum atomic E-state index is 5.75. The van der Waals surface area contributed by atoms with Crippen LogP contribution in [0.25, 0.3) is 0 Å². The summed E-state index contributed by atoms with van der Waals surface area (Å²) in [6.07, 6.45) is 0.403. The van der Waals surface area contributed by atoms with Crippen molar-refractivity contribution in [1.29, 1.82) is 0 Å². The molecule has 1 saturated heterocycles. The summed E-state index contributed by atoms with van der Waals surface area (Å²) in [6.45, 7) is 8.62. The van der Waals surface area contributed by atoms with E-state index in [2.05, 4.69) is 34.0 Å². The summed E-state index contributed by atoms with van der Waals surface area (Å²) in [4.78, 5) is 10.7. The van der Waals surface area contributed by atoms with E-state index in [0.717, 1.165) is 31.3 Å². The first kappa shape index (κ1) is 12.9. The summed E-state index contributed by atoms with van der Waals surface area (Å²) in [5, 5.41) is 3.16. The van der Waals surface area contributed by atoms with E-state index >= 15 is 0 Å². The second kappa shape index (κ2) is 5.39. The summed E-state index contributed by atoms with van der Waals surface area (Å²) < 4.78 is 5.71. The quantitative estimate of drug-likeness (QED) is 0.838. The normalized spacial score (nSPS) is 24.1. The van der Waals surface area contributed by atoms with Gasteiger partial charge >= 0.3 is 0 Å². The average molecular weight is 251 g/mol. The molecule has 0 aliphatic carbocycles. The highest BCUT2D eigenvalue weighted by molar-refractivity contribution is 5.52. The van der Waals surface area contributed by atoms with Gasteiger partial charge in [0, 0.05) is 25.7 Å². The van der Waals surface area contributed by atoms with Gasteiger partial charge in [-0.2, -0.15) is 9.97 Å². The van der Waals surface area contributed by atoms with E-state index in [1.165, 1.54) is 0 Å². The third-order valence-corrected chi connectivity index (χ3v) is 2.83. The second-order valence-electron chi connectivity index (χ2n) is 4.66. The molecule has 0 bridgehead atoms. The van der Waals surface area contributed by atoms with Crippen molar-refractivity contribution in [3.63, 3.8) is 0 Å². The lowest BCUT2D eigenvalue weighted by molar-refractivity contribution is -0.00545. The van der Waals surface area contributed by atoms with Gasteiger partial charge in [-0.25, -0.2) is 0 Å². The lowest BCUT2D eigenvalue weighted by Crippen LogP contribution is -2.45. The largest absolute Gasteiger partial charge is 0.372 e. The molecule has 6 nitrogen and oxygen atoms in total. The lowest BCUT2D eigenvalue weighted by Gasteiger charge is -2.36. The van der Waals surface area contributed by atoms with E-state index in [0.29, 0.717) is 5.95 Å². The Morgan fingerprint density at radius 2 is 2.06 bits per heavy atom. The molecule has 1 aromatic heterocycles. The molecule has 18 heavy (non-hydrogen) atoms. The first-order chi connectivity index (χ1) is 8.58. The van der Waals surface area contributed by atoms with Crippen LogP contribution in [0.5, 0.6) is 0 Å². The smallest absolute Gasteiger partial charge is 0.223 e. The van der Waals surface area contributed by atoms with Crippen LogP contribution in [0.3, 0.4) is 0 Å². The number of hydrogen-bond donors (Lipinski definition) is 2. The van der Waals surface area contributed by atoms with Gasteiger partial charge in [-0.15, -0.1) is 0 Å². The van der Waals surface area contributed by atoms with Crippen LogP contribution in [0.4, 0.5) is 17.6 Å². The minimum Gasteiger partial charge on any atom is -0.372 e. The molecule has 6 heteroatoms. The number of nitrogens with one attached hydrogen (secondary N) is 1. The third-order valence-electron chi connectivity index (χ3n) is 2.83. The minimum absolute atomic E-state index is 0.201. The standard InChI is InChI=1S/C12H21N5O/c1-4-14-10-5-11(16-12(13)15-10)17-6-8(2)18-9(3)7-17/h5,8-9H,4,6-7H2,1-3H3,(H3,13,14,15,16)/t8-,9+. The monoisotopic (exact) mass is 251 g/mol. The van der Waals surface area contributed by atoms with E-state index in [-0.39, 0.29) is 12.2 Å². The van der Waals surface area contributed by atoms with Crippen LogP contribution < -0.4 is 16.0 Å². The number of nitrogens with zero attached hydrogens (tertiary/aromatic N) is 3. The van der Waals surface area contributed by atoms with Crippen LogP contribution in [0, 0.1) is 0 Å². The Morgan fingerprint density at radius 1 is 1.39 bits per heavy atom. The zero-order chi connectivity index (χ0) is 13.1. The van der Waals surface area contributed by atoms with Crippen LogP contribution in [0.2, 0.25) is 0 Å². The van der Waals surface area contributed by atoms with E-state index in [9.17, 15) is 0 Å². The minimum atomic E-state index is 0.201. The first-order valence-electron chi connectivity index (χ1n) is 6.37. The molecule has 1 aromatic rings. The van der Waals surface area contributed by atoms with Crippen molar-refractivity contribution in [3.8, 4) is 0 Å². The highest BCUT2D eigenvalue weighted by atomic mass is 16.5. The molecule has 1 aliphatic heterocycles. The van der Waals surface area contributed by atoms with Crippen LogP contribution in [0.1, 0.15) is 20.8 Å². The molecule has 0 radical (unpaired) electrons. The second-order valence-corrected chi connectivity index (χ2v) is 4.66. The number of ether oxygens (including phenoxy) is 1. The van der Waals surface area contributed by atoms with E-state index in [4.69, 9.17) is 10.5 Å². The molecule has 0 saturated carbocycles. The highest BCUT2D eigenvalue weighted by Gasteiger charge is 2.23. The van der Waals surface area contributed by atoms with Gasteiger partial charge in [0.1, 0.15) is 11.6 Å². The Bertz CT molecular complexity index is 401. The summed E-state index contributed by atoms with van der Waals surface area (Å²) in [7, 11) is 0. The Labute approximate surface area is 108 Å². The van der Waals surface area contributed by atoms with Crippen molar-refractivity contribution >= 4 is 17.6 Å². The van der Waals surface area contributed by atoms with Crippen molar-refractivity contribution in [2.75, 3.05) is 35.6 Å². The Hall–Kier alpha value is -1.56. The van der Waals surface area contributed by atoms with Crippen molar-refractivity contribution in [2.24, 2.45) is 0 Å². The van der Waals surface area contributed by atoms with Gasteiger partial charge in [0.2, 0.25) is 5.95 Å². The van der Waals surface area contributed by atoms with Crippen molar-refractivity contribution in [1.82, 2.24) is 9.97 Å². The maximum absolute atomic E-state index is 5.75. The predicted octanol–water partition coefficient (Wildman–Crippen LogP) is 1.10. The van der Waals surface area contributed by atoms with Gasteiger partial charge < -0.3 is 20.7 Å². The maximum Gasteiger partial charge on any atom is 0.223 e. The Morgan fingerprint density at radius 3 is 2.67 bits per heavy atom. The zero-order valence-electron chi connectivity index (χ0n) is 11.2. The number of anilines is 3. The molecule has 1 fully saturated rings. The molecule has 2 heterocycles. The molecule has 100 valence electrons. The van der Waals surface area contributed by atoms with Gasteiger partial charge in [0.05, 0.1) is 12.2 Å². The van der Waals surface area contributed by atoms with Gasteiger partial charge in [-0.05, 0) is 20.8 Å². The van der Waals surface area contributed by atoms with Crippen molar-refractivity contribution in [3.05, 3.63) is 6.07 Å². The number of nitrogen functional groups attached to an aromatic ring is 1. The molecule has 0 spiro atoms.